The van der Waals surface area contributed by atoms with E-state index in [1.807, 2.05) is 60.7 Å². The SMILES string of the molecule is C=CC[C@@H]1O[C@H](c2cccc(Cl)c2)[C@@H](c2ccc(Cl)cc2)N([C@H](CS(=O)(=O)c2ccncc2)C2CC2)C1=O.C=CC[C@H]1O[C@H](c2cccc(Cl)c2)[C@@H](c2ccc(Cl)cc2)N([C@H](CS(=O)(=O)c2ccncc2)C2CC2)C1=O. The molecule has 2 saturated carbocycles. The zero-order chi connectivity index (χ0) is 53.7. The van der Waals surface area contributed by atoms with Gasteiger partial charge in [-0.2, -0.15) is 0 Å². The highest BCUT2D eigenvalue weighted by atomic mass is 35.5. The van der Waals surface area contributed by atoms with Gasteiger partial charge in [-0.3, -0.25) is 19.6 Å². The number of morpholine rings is 2. The number of nitrogens with zero attached hydrogens (tertiary/aromatic N) is 4. The van der Waals surface area contributed by atoms with Gasteiger partial charge in [0.15, 0.2) is 19.7 Å². The fourth-order valence-electron chi connectivity index (χ4n) is 10.3. The average molecular weight is 1140 g/mol. The number of hydrogen-bond donors (Lipinski definition) is 0. The maximum atomic E-state index is 14.1. The summed E-state index contributed by atoms with van der Waals surface area (Å²) in [6, 6.07) is 33.0. The Labute approximate surface area is 464 Å². The summed E-state index contributed by atoms with van der Waals surface area (Å²) >= 11 is 25.1. The van der Waals surface area contributed by atoms with E-state index in [-0.39, 0.29) is 44.9 Å². The van der Waals surface area contributed by atoms with Gasteiger partial charge in [0.25, 0.3) is 11.8 Å². The van der Waals surface area contributed by atoms with Crippen LogP contribution in [-0.4, -0.2) is 84.2 Å². The molecular weight excluding hydrogens is 1090 g/mol. The van der Waals surface area contributed by atoms with Gasteiger partial charge in [0.1, 0.15) is 24.4 Å². The minimum atomic E-state index is -3.71. The molecule has 4 aliphatic rings. The summed E-state index contributed by atoms with van der Waals surface area (Å²) in [6.45, 7) is 7.63. The summed E-state index contributed by atoms with van der Waals surface area (Å²) in [5.41, 5.74) is 3.21. The Morgan fingerprint density at radius 1 is 0.513 bits per heavy atom. The fourth-order valence-corrected chi connectivity index (χ4v) is 14.2. The second-order valence-electron chi connectivity index (χ2n) is 19.5. The Morgan fingerprint density at radius 2 is 0.868 bits per heavy atom. The maximum absolute atomic E-state index is 14.1. The summed E-state index contributed by atoms with van der Waals surface area (Å²) < 4.78 is 67.2. The molecule has 4 fully saturated rings. The van der Waals surface area contributed by atoms with Crippen LogP contribution in [0.2, 0.25) is 20.1 Å². The highest BCUT2D eigenvalue weighted by molar-refractivity contribution is 7.91. The second kappa shape index (κ2) is 24.1. The lowest BCUT2D eigenvalue weighted by molar-refractivity contribution is -0.179. The normalized spacial score (nSPS) is 22.7. The fraction of sp³-hybridized carbons (Fsp3) is 0.310. The number of carbonyl (C=O) groups is 2. The summed E-state index contributed by atoms with van der Waals surface area (Å²) in [6.07, 6.45) is 10.4. The molecule has 2 aromatic heterocycles. The van der Waals surface area contributed by atoms with E-state index in [1.54, 1.807) is 58.4 Å². The van der Waals surface area contributed by atoms with Gasteiger partial charge in [-0.05, 0) is 133 Å². The van der Waals surface area contributed by atoms with Crippen molar-refractivity contribution in [2.75, 3.05) is 11.5 Å². The van der Waals surface area contributed by atoms with E-state index >= 15 is 0 Å². The molecule has 8 atom stereocenters. The number of carbonyl (C=O) groups excluding carboxylic acids is 2. The van der Waals surface area contributed by atoms with E-state index in [4.69, 9.17) is 55.9 Å². The van der Waals surface area contributed by atoms with Crippen LogP contribution in [0.15, 0.2) is 181 Å². The van der Waals surface area contributed by atoms with Crippen LogP contribution in [0.5, 0.6) is 0 Å². The van der Waals surface area contributed by atoms with Crippen molar-refractivity contribution in [2.24, 2.45) is 11.8 Å². The van der Waals surface area contributed by atoms with E-state index < -0.39 is 68.3 Å². The van der Waals surface area contributed by atoms with E-state index in [9.17, 15) is 26.4 Å². The molecule has 2 amide bonds. The van der Waals surface area contributed by atoms with Crippen molar-refractivity contribution < 1.29 is 35.9 Å². The van der Waals surface area contributed by atoms with Crippen LogP contribution in [0.25, 0.3) is 0 Å². The van der Waals surface area contributed by atoms with Gasteiger partial charge in [0, 0.05) is 69.8 Å². The first kappa shape index (κ1) is 55.3. The number of hydrogen-bond acceptors (Lipinski definition) is 10. The number of pyridine rings is 2. The molecule has 0 N–H and O–H groups in total. The molecule has 2 aliphatic carbocycles. The molecule has 6 aromatic rings. The number of rotatable bonds is 18. The second-order valence-corrected chi connectivity index (χ2v) is 25.3. The minimum absolute atomic E-state index is 0.0628. The monoisotopic (exact) mass is 1140 g/mol. The molecule has 76 heavy (non-hydrogen) atoms. The zero-order valence-electron chi connectivity index (χ0n) is 41.2. The summed E-state index contributed by atoms with van der Waals surface area (Å²) in [4.78, 5) is 40.0. The molecule has 0 unspecified atom stereocenters. The molecule has 4 heterocycles. The Morgan fingerprint density at radius 3 is 1.18 bits per heavy atom. The van der Waals surface area contributed by atoms with Crippen LogP contribution in [0, 0.1) is 11.8 Å². The lowest BCUT2D eigenvalue weighted by Crippen LogP contribution is -2.57. The van der Waals surface area contributed by atoms with Gasteiger partial charge >= 0.3 is 0 Å². The summed E-state index contributed by atoms with van der Waals surface area (Å²) in [5, 5.41) is 2.21. The van der Waals surface area contributed by atoms with Crippen molar-refractivity contribution in [3.63, 3.8) is 0 Å². The standard InChI is InChI=1S/2C29H28Cl2N2O4S/c2*1-2-4-26-29(34)33(25(19-7-8-19)18-38(35,36)24-13-15-32-16-14-24)27(20-9-11-22(30)12-10-20)28(37-26)21-5-3-6-23(31)17-21/h2*2-3,5-6,9-17,19,25-28H,1,4,7-8,18H2/t25-,26+,27-,28-;25-,26-,27-,28-/m11/s1. The maximum Gasteiger partial charge on any atom is 0.252 e. The van der Waals surface area contributed by atoms with Crippen LogP contribution < -0.4 is 0 Å². The van der Waals surface area contributed by atoms with Gasteiger partial charge < -0.3 is 19.3 Å². The van der Waals surface area contributed by atoms with E-state index in [2.05, 4.69) is 23.1 Å². The lowest BCUT2D eigenvalue weighted by Gasteiger charge is -2.48. The third kappa shape index (κ3) is 12.8. The average Bonchev–Trinajstić information content (AvgIpc) is 4.37. The molecule has 4 aromatic carbocycles. The molecule has 2 aliphatic heterocycles. The molecule has 396 valence electrons. The third-order valence-corrected chi connectivity index (χ3v) is 18.8. The largest absolute Gasteiger partial charge is 0.358 e. The molecule has 0 bridgehead atoms. The smallest absolute Gasteiger partial charge is 0.252 e. The quantitative estimate of drug-likeness (QED) is 0.0760. The van der Waals surface area contributed by atoms with Gasteiger partial charge in [0.2, 0.25) is 0 Å². The number of benzene rings is 4. The summed E-state index contributed by atoms with van der Waals surface area (Å²) in [7, 11) is -7.41. The highest BCUT2D eigenvalue weighted by Gasteiger charge is 2.53. The number of ether oxygens (including phenoxy) is 2. The van der Waals surface area contributed by atoms with Crippen molar-refractivity contribution in [3.05, 3.63) is 214 Å². The molecule has 0 spiro atoms. The van der Waals surface area contributed by atoms with Crippen LogP contribution >= 0.6 is 46.4 Å². The van der Waals surface area contributed by atoms with Gasteiger partial charge in [-0.15, -0.1) is 13.2 Å². The number of sulfone groups is 2. The van der Waals surface area contributed by atoms with Crippen LogP contribution in [-0.2, 0) is 38.7 Å². The van der Waals surface area contributed by atoms with Crippen molar-refractivity contribution in [2.45, 2.75) is 96.9 Å². The first-order valence-corrected chi connectivity index (χ1v) is 29.8. The molecular formula is C58H56Cl4N4O8S2. The molecule has 2 saturated heterocycles. The van der Waals surface area contributed by atoms with Gasteiger partial charge in [-0.25, -0.2) is 16.8 Å². The van der Waals surface area contributed by atoms with Gasteiger partial charge in [0.05, 0.1) is 33.4 Å². The van der Waals surface area contributed by atoms with Crippen LogP contribution in [0.4, 0.5) is 0 Å². The van der Waals surface area contributed by atoms with Crippen molar-refractivity contribution in [3.8, 4) is 0 Å². The topological polar surface area (TPSA) is 153 Å². The van der Waals surface area contributed by atoms with E-state index in [0.29, 0.717) is 32.9 Å². The molecule has 10 rings (SSSR count). The first-order chi connectivity index (χ1) is 36.6. The van der Waals surface area contributed by atoms with Crippen LogP contribution in [0.3, 0.4) is 0 Å². The summed E-state index contributed by atoms with van der Waals surface area (Å²) in [5.74, 6) is -0.753. The molecule has 0 radical (unpaired) electrons. The zero-order valence-corrected chi connectivity index (χ0v) is 45.9. The third-order valence-electron chi connectivity index (χ3n) is 14.2. The predicted molar refractivity (Wildman–Crippen MR) is 295 cm³/mol. The van der Waals surface area contributed by atoms with E-state index in [1.165, 1.54) is 49.1 Å². The highest BCUT2D eigenvalue weighted by Crippen LogP contribution is 2.50. The molecule has 18 heteroatoms. The van der Waals surface area contributed by atoms with Crippen LogP contribution in [0.1, 0.15) is 85.1 Å². The van der Waals surface area contributed by atoms with Crippen molar-refractivity contribution >= 4 is 77.9 Å². The Bertz CT molecular complexity index is 3040. The van der Waals surface area contributed by atoms with Crippen molar-refractivity contribution in [1.29, 1.82) is 0 Å². The number of aromatic nitrogens is 2. The molecule has 12 nitrogen and oxygen atoms in total. The Kier molecular flexibility index (Phi) is 17.5. The Balaban J connectivity index is 0.000000186. The minimum Gasteiger partial charge on any atom is -0.358 e. The lowest BCUT2D eigenvalue weighted by atomic mass is 9.89. The van der Waals surface area contributed by atoms with Gasteiger partial charge in [-0.1, -0.05) is 107 Å². The Hall–Kier alpha value is -5.42. The predicted octanol–water partition coefficient (Wildman–Crippen LogP) is 12.5. The number of amides is 2. The first-order valence-electron chi connectivity index (χ1n) is 25.0. The van der Waals surface area contributed by atoms with E-state index in [0.717, 1.165) is 47.9 Å². The number of halogens is 4. The van der Waals surface area contributed by atoms with Crippen molar-refractivity contribution in [1.82, 2.24) is 19.8 Å².